The number of amides is 1. The molecule has 2 fully saturated rings. The van der Waals surface area contributed by atoms with Crippen LogP contribution < -0.4 is 0 Å². The second kappa shape index (κ2) is 5.49. The summed E-state index contributed by atoms with van der Waals surface area (Å²) in [5, 5.41) is 10.0. The molecule has 0 unspecified atom stereocenters. The molecule has 2 aliphatic rings. The van der Waals surface area contributed by atoms with E-state index in [1.165, 1.54) is 12.1 Å². The summed E-state index contributed by atoms with van der Waals surface area (Å²) in [6.45, 7) is 0.316. The van der Waals surface area contributed by atoms with Crippen LogP contribution in [-0.4, -0.2) is 33.5 Å². The molecule has 4 rings (SSSR count). The molecule has 23 heavy (non-hydrogen) atoms. The van der Waals surface area contributed by atoms with Crippen LogP contribution in [0.15, 0.2) is 36.5 Å². The molecular weight excluding hydrogens is 295 g/mol. The van der Waals surface area contributed by atoms with E-state index in [-0.39, 0.29) is 17.8 Å². The van der Waals surface area contributed by atoms with Crippen LogP contribution in [0.4, 0.5) is 4.39 Å². The van der Waals surface area contributed by atoms with Crippen LogP contribution >= 0.6 is 0 Å². The maximum atomic E-state index is 13.1. The molecule has 1 saturated heterocycles. The molecule has 2 heterocycles. The Balaban J connectivity index is 1.64. The van der Waals surface area contributed by atoms with Gasteiger partial charge in [-0.15, -0.1) is 0 Å². The smallest absolute Gasteiger partial charge is 0.256 e. The number of carbonyl (C=O) groups excluding carboxylic acids is 1. The van der Waals surface area contributed by atoms with Crippen molar-refractivity contribution in [1.29, 1.82) is 0 Å². The molecule has 1 aliphatic heterocycles. The first-order valence-corrected chi connectivity index (χ1v) is 8.05. The summed E-state index contributed by atoms with van der Waals surface area (Å²) < 4.78 is 13.1. The van der Waals surface area contributed by atoms with Gasteiger partial charge >= 0.3 is 0 Å². The van der Waals surface area contributed by atoms with E-state index < -0.39 is 6.10 Å². The van der Waals surface area contributed by atoms with E-state index in [9.17, 15) is 14.3 Å². The fraction of sp³-hybridized carbons (Fsp3) is 0.389. The summed E-state index contributed by atoms with van der Waals surface area (Å²) in [7, 11) is 0. The average molecular weight is 314 g/mol. The van der Waals surface area contributed by atoms with Gasteiger partial charge in [0.05, 0.1) is 17.7 Å². The lowest BCUT2D eigenvalue weighted by Crippen LogP contribution is -2.32. The van der Waals surface area contributed by atoms with E-state index in [1.54, 1.807) is 23.2 Å². The fourth-order valence-electron chi connectivity index (χ4n) is 3.47. The van der Waals surface area contributed by atoms with Gasteiger partial charge in [-0.25, -0.2) is 4.39 Å². The lowest BCUT2D eigenvalue weighted by Gasteiger charge is -2.25. The van der Waals surface area contributed by atoms with Crippen molar-refractivity contribution in [2.45, 2.75) is 37.3 Å². The minimum Gasteiger partial charge on any atom is -0.391 e. The number of aliphatic hydroxyl groups excluding tert-OH is 1. The predicted molar refractivity (Wildman–Crippen MR) is 83.6 cm³/mol. The maximum Gasteiger partial charge on any atom is 0.256 e. The number of benzene rings is 1. The standard InChI is InChI=1S/C18H19FN2O2/c19-13-5-3-11(4-6-13)16-9-14(22)10-21(16)18(23)15-7-8-20-17(15)12-1-2-12/h3-8,12,14,16,20,22H,1-2,9-10H2/t14-,16+/m1/s1. The van der Waals surface area contributed by atoms with Gasteiger partial charge in [0, 0.05) is 18.4 Å². The van der Waals surface area contributed by atoms with E-state index >= 15 is 0 Å². The topological polar surface area (TPSA) is 56.3 Å². The highest BCUT2D eigenvalue weighted by Crippen LogP contribution is 2.42. The molecule has 120 valence electrons. The van der Waals surface area contributed by atoms with E-state index in [0.717, 1.165) is 24.1 Å². The zero-order chi connectivity index (χ0) is 16.0. The summed E-state index contributed by atoms with van der Waals surface area (Å²) in [6.07, 6.45) is 3.98. The SMILES string of the molecule is O=C(c1cc[nH]c1C1CC1)N1C[C@H](O)C[C@H]1c1ccc(F)cc1. The van der Waals surface area contributed by atoms with E-state index in [1.807, 2.05) is 6.07 Å². The largest absolute Gasteiger partial charge is 0.391 e. The second-order valence-electron chi connectivity index (χ2n) is 6.49. The molecular formula is C18H19FN2O2. The van der Waals surface area contributed by atoms with E-state index in [4.69, 9.17) is 0 Å². The number of H-pyrrole nitrogens is 1. The van der Waals surface area contributed by atoms with Gasteiger partial charge in [0.25, 0.3) is 5.91 Å². The Hall–Kier alpha value is -2.14. The molecule has 4 nitrogen and oxygen atoms in total. The van der Waals surface area contributed by atoms with Gasteiger partial charge < -0.3 is 15.0 Å². The van der Waals surface area contributed by atoms with Crippen molar-refractivity contribution in [3.05, 3.63) is 59.2 Å². The molecule has 1 aromatic heterocycles. The highest BCUT2D eigenvalue weighted by molar-refractivity contribution is 5.96. The quantitative estimate of drug-likeness (QED) is 0.915. The summed E-state index contributed by atoms with van der Waals surface area (Å²) in [5.74, 6) is 0.103. The van der Waals surface area contributed by atoms with Crippen molar-refractivity contribution in [1.82, 2.24) is 9.88 Å². The minimum absolute atomic E-state index is 0.0565. The molecule has 2 aromatic rings. The van der Waals surface area contributed by atoms with Crippen LogP contribution in [0.5, 0.6) is 0 Å². The van der Waals surface area contributed by atoms with E-state index in [0.29, 0.717) is 24.4 Å². The molecule has 1 amide bonds. The molecule has 1 aliphatic carbocycles. The zero-order valence-electron chi connectivity index (χ0n) is 12.7. The van der Waals surface area contributed by atoms with Crippen molar-refractivity contribution in [3.8, 4) is 0 Å². The Kier molecular flexibility index (Phi) is 3.45. The number of likely N-dealkylation sites (tertiary alicyclic amines) is 1. The average Bonchev–Trinajstić information content (AvgIpc) is 3.14. The first-order chi connectivity index (χ1) is 11.1. The first kappa shape index (κ1) is 14.5. The van der Waals surface area contributed by atoms with Gasteiger partial charge in [-0.3, -0.25) is 4.79 Å². The maximum absolute atomic E-state index is 13.1. The van der Waals surface area contributed by atoms with Gasteiger partial charge in [-0.1, -0.05) is 12.1 Å². The molecule has 0 spiro atoms. The van der Waals surface area contributed by atoms with Crippen LogP contribution in [0, 0.1) is 5.82 Å². The molecule has 0 bridgehead atoms. The number of halogens is 1. The number of aromatic nitrogens is 1. The molecule has 1 aromatic carbocycles. The summed E-state index contributed by atoms with van der Waals surface area (Å²) >= 11 is 0. The van der Waals surface area contributed by atoms with E-state index in [2.05, 4.69) is 4.98 Å². The molecule has 0 radical (unpaired) electrons. The summed E-state index contributed by atoms with van der Waals surface area (Å²) in [5.41, 5.74) is 2.57. The van der Waals surface area contributed by atoms with Crippen molar-refractivity contribution in [2.24, 2.45) is 0 Å². The van der Waals surface area contributed by atoms with Crippen LogP contribution in [0.1, 0.15) is 52.8 Å². The van der Waals surface area contributed by atoms with Crippen LogP contribution in [-0.2, 0) is 0 Å². The van der Waals surface area contributed by atoms with Gasteiger partial charge in [0.1, 0.15) is 5.82 Å². The number of nitrogens with zero attached hydrogens (tertiary/aromatic N) is 1. The van der Waals surface area contributed by atoms with Crippen molar-refractivity contribution in [2.75, 3.05) is 6.54 Å². The Morgan fingerprint density at radius 3 is 2.65 bits per heavy atom. The van der Waals surface area contributed by atoms with Gasteiger partial charge in [-0.05, 0) is 48.9 Å². The minimum atomic E-state index is -0.544. The Morgan fingerprint density at radius 1 is 1.22 bits per heavy atom. The van der Waals surface area contributed by atoms with Crippen LogP contribution in [0.3, 0.4) is 0 Å². The number of nitrogens with one attached hydrogen (secondary N) is 1. The first-order valence-electron chi connectivity index (χ1n) is 8.05. The molecule has 2 N–H and O–H groups in total. The number of aliphatic hydroxyl groups is 1. The number of rotatable bonds is 3. The predicted octanol–water partition coefficient (Wildman–Crippen LogP) is 2.98. The highest BCUT2D eigenvalue weighted by Gasteiger charge is 2.38. The van der Waals surface area contributed by atoms with Crippen LogP contribution in [0.2, 0.25) is 0 Å². The van der Waals surface area contributed by atoms with Crippen LogP contribution in [0.25, 0.3) is 0 Å². The fourth-order valence-corrected chi connectivity index (χ4v) is 3.47. The zero-order valence-corrected chi connectivity index (χ0v) is 12.7. The third-order valence-electron chi connectivity index (χ3n) is 4.79. The lowest BCUT2D eigenvalue weighted by molar-refractivity contribution is 0.0715. The van der Waals surface area contributed by atoms with Gasteiger partial charge in [-0.2, -0.15) is 0 Å². The normalized spacial score (nSPS) is 24.2. The lowest BCUT2D eigenvalue weighted by atomic mass is 10.0. The Labute approximate surface area is 133 Å². The molecule has 2 atom stereocenters. The van der Waals surface area contributed by atoms with Gasteiger partial charge in [0.15, 0.2) is 0 Å². The number of β-amino-alcohol motifs (C(OH)–C–C–N with tert-alkyl or cyclic N) is 1. The number of hydrogen-bond donors (Lipinski definition) is 2. The van der Waals surface area contributed by atoms with Crippen molar-refractivity contribution < 1.29 is 14.3 Å². The third-order valence-corrected chi connectivity index (χ3v) is 4.79. The Morgan fingerprint density at radius 2 is 1.96 bits per heavy atom. The summed E-state index contributed by atoms with van der Waals surface area (Å²) in [6, 6.07) is 7.79. The van der Waals surface area contributed by atoms with Crippen molar-refractivity contribution in [3.63, 3.8) is 0 Å². The summed E-state index contributed by atoms with van der Waals surface area (Å²) in [4.78, 5) is 17.9. The van der Waals surface area contributed by atoms with Gasteiger partial charge in [0.2, 0.25) is 0 Å². The second-order valence-corrected chi connectivity index (χ2v) is 6.49. The number of carbonyl (C=O) groups is 1. The molecule has 5 heteroatoms. The monoisotopic (exact) mass is 314 g/mol. The number of aromatic amines is 1. The Bertz CT molecular complexity index is 721. The molecule has 1 saturated carbocycles. The van der Waals surface area contributed by atoms with Crippen molar-refractivity contribution >= 4 is 5.91 Å². The number of hydrogen-bond acceptors (Lipinski definition) is 2. The third kappa shape index (κ3) is 2.65. The highest BCUT2D eigenvalue weighted by atomic mass is 19.1.